The second-order valence-corrected chi connectivity index (χ2v) is 9.83. The smallest absolute Gasteiger partial charge is 0.494 e. The largest absolute Gasteiger partial charge is 0.495 e. The van der Waals surface area contributed by atoms with E-state index in [9.17, 15) is 21.6 Å². The van der Waals surface area contributed by atoms with E-state index in [0.717, 1.165) is 24.3 Å². The average molecular weight is 457 g/mol. The number of ether oxygens (including phenoxy) is 1. The van der Waals surface area contributed by atoms with Crippen molar-refractivity contribution < 1.29 is 35.6 Å². The molecule has 168 valence electrons. The number of sulfonamides is 1. The predicted molar refractivity (Wildman–Crippen MR) is 111 cm³/mol. The van der Waals surface area contributed by atoms with Crippen molar-refractivity contribution in [2.24, 2.45) is 0 Å². The molecule has 31 heavy (non-hydrogen) atoms. The second-order valence-electron chi connectivity index (χ2n) is 8.18. The topological polar surface area (TPSA) is 73.9 Å². The fourth-order valence-corrected chi connectivity index (χ4v) is 4.23. The van der Waals surface area contributed by atoms with Crippen molar-refractivity contribution >= 4 is 28.3 Å². The summed E-state index contributed by atoms with van der Waals surface area (Å²) in [6.45, 7) is 7.50. The van der Waals surface area contributed by atoms with Gasteiger partial charge in [-0.1, -0.05) is 6.07 Å². The lowest BCUT2D eigenvalue weighted by molar-refractivity contribution is -0.137. The molecule has 0 radical (unpaired) electrons. The zero-order chi connectivity index (χ0) is 23.2. The number of nitrogens with one attached hydrogen (secondary N) is 1. The third kappa shape index (κ3) is 4.68. The molecule has 2 aromatic carbocycles. The van der Waals surface area contributed by atoms with Gasteiger partial charge in [-0.3, -0.25) is 4.72 Å². The van der Waals surface area contributed by atoms with Gasteiger partial charge in [0.05, 0.1) is 23.9 Å². The van der Waals surface area contributed by atoms with Gasteiger partial charge in [0, 0.05) is 5.69 Å². The minimum absolute atomic E-state index is 0.0175. The summed E-state index contributed by atoms with van der Waals surface area (Å²) in [4.78, 5) is -0.192. The van der Waals surface area contributed by atoms with Gasteiger partial charge in [-0.25, -0.2) is 8.42 Å². The van der Waals surface area contributed by atoms with Crippen LogP contribution in [-0.2, 0) is 25.5 Å². The molecular formula is C20H23BF3NO5S. The van der Waals surface area contributed by atoms with Crippen LogP contribution in [0.1, 0.15) is 33.3 Å². The van der Waals surface area contributed by atoms with Crippen molar-refractivity contribution in [1.29, 1.82) is 0 Å². The maximum Gasteiger partial charge on any atom is 0.494 e. The molecular weight excluding hydrogens is 434 g/mol. The molecule has 2 aromatic rings. The predicted octanol–water partition coefficient (Wildman–Crippen LogP) is 3.81. The molecule has 0 spiro atoms. The van der Waals surface area contributed by atoms with E-state index in [1.807, 2.05) is 27.7 Å². The lowest BCUT2D eigenvalue weighted by Gasteiger charge is -2.32. The minimum atomic E-state index is -4.52. The van der Waals surface area contributed by atoms with Crippen LogP contribution >= 0.6 is 0 Å². The molecule has 11 heteroatoms. The van der Waals surface area contributed by atoms with Crippen LogP contribution in [0.4, 0.5) is 18.9 Å². The fourth-order valence-electron chi connectivity index (χ4n) is 2.97. The Labute approximate surface area is 179 Å². The third-order valence-electron chi connectivity index (χ3n) is 5.47. The van der Waals surface area contributed by atoms with Crippen LogP contribution in [0.25, 0.3) is 0 Å². The molecule has 6 nitrogen and oxygen atoms in total. The highest BCUT2D eigenvalue weighted by Gasteiger charge is 2.52. The Kier molecular flexibility index (Phi) is 5.83. The first-order chi connectivity index (χ1) is 14.2. The first kappa shape index (κ1) is 23.4. The summed E-state index contributed by atoms with van der Waals surface area (Å²) in [5, 5.41) is 0. The molecule has 1 heterocycles. The van der Waals surface area contributed by atoms with E-state index in [1.54, 1.807) is 6.07 Å². The van der Waals surface area contributed by atoms with Crippen LogP contribution in [0.15, 0.2) is 47.4 Å². The van der Waals surface area contributed by atoms with E-state index in [1.165, 1.54) is 19.2 Å². The van der Waals surface area contributed by atoms with E-state index in [-0.39, 0.29) is 16.3 Å². The molecule has 0 aliphatic carbocycles. The lowest BCUT2D eigenvalue weighted by atomic mass is 9.79. The van der Waals surface area contributed by atoms with Crippen molar-refractivity contribution in [3.05, 3.63) is 48.0 Å². The highest BCUT2D eigenvalue weighted by Crippen LogP contribution is 2.37. The molecule has 0 saturated carbocycles. The molecule has 1 fully saturated rings. The second kappa shape index (κ2) is 7.72. The highest BCUT2D eigenvalue weighted by molar-refractivity contribution is 7.92. The van der Waals surface area contributed by atoms with Crippen molar-refractivity contribution in [2.75, 3.05) is 11.8 Å². The number of hydrogen-bond donors (Lipinski definition) is 1. The molecule has 0 bridgehead atoms. The van der Waals surface area contributed by atoms with E-state index in [2.05, 4.69) is 4.72 Å². The SMILES string of the molecule is COc1ccc(B2OC(C)(C)C(C)(C)O2)cc1S(=O)(=O)Nc1ccc(C(F)(F)F)cc1. The normalized spacial score (nSPS) is 18.1. The van der Waals surface area contributed by atoms with Gasteiger partial charge >= 0.3 is 13.3 Å². The molecule has 0 atom stereocenters. The number of alkyl halides is 3. The molecule has 0 amide bonds. The Morgan fingerprint density at radius 3 is 2.00 bits per heavy atom. The molecule has 3 rings (SSSR count). The highest BCUT2D eigenvalue weighted by atomic mass is 32.2. The Balaban J connectivity index is 1.93. The summed E-state index contributed by atoms with van der Waals surface area (Å²) in [7, 11) is -3.66. The number of halogens is 3. The van der Waals surface area contributed by atoms with Crippen LogP contribution < -0.4 is 14.9 Å². The summed E-state index contributed by atoms with van der Waals surface area (Å²) < 4.78 is 83.6. The summed E-state index contributed by atoms with van der Waals surface area (Å²) >= 11 is 0. The van der Waals surface area contributed by atoms with Gasteiger partial charge in [-0.2, -0.15) is 13.2 Å². The van der Waals surface area contributed by atoms with Crippen LogP contribution in [0, 0.1) is 0 Å². The Morgan fingerprint density at radius 1 is 0.968 bits per heavy atom. The van der Waals surface area contributed by atoms with Gasteiger partial charge in [-0.15, -0.1) is 0 Å². The summed E-state index contributed by atoms with van der Waals surface area (Å²) in [6, 6.07) is 8.18. The maximum absolute atomic E-state index is 13.0. The molecule has 0 aromatic heterocycles. The maximum atomic E-state index is 13.0. The van der Waals surface area contributed by atoms with Crippen molar-refractivity contribution in [2.45, 2.75) is 50.0 Å². The van der Waals surface area contributed by atoms with Crippen molar-refractivity contribution in [1.82, 2.24) is 0 Å². The summed E-state index contributed by atoms with van der Waals surface area (Å²) in [5.74, 6) is 0.0691. The van der Waals surface area contributed by atoms with Crippen LogP contribution in [0.5, 0.6) is 5.75 Å². The number of anilines is 1. The molecule has 1 saturated heterocycles. The van der Waals surface area contributed by atoms with Gasteiger partial charge in [0.25, 0.3) is 10.0 Å². The van der Waals surface area contributed by atoms with E-state index in [4.69, 9.17) is 14.0 Å². The first-order valence-electron chi connectivity index (χ1n) is 9.40. The van der Waals surface area contributed by atoms with Gasteiger partial charge in [0.1, 0.15) is 10.6 Å². The van der Waals surface area contributed by atoms with E-state index in [0.29, 0.717) is 5.46 Å². The van der Waals surface area contributed by atoms with E-state index < -0.39 is 40.1 Å². The van der Waals surface area contributed by atoms with Gasteiger partial charge in [0.2, 0.25) is 0 Å². The number of hydrogen-bond acceptors (Lipinski definition) is 5. The molecule has 1 aliphatic heterocycles. The van der Waals surface area contributed by atoms with Crippen molar-refractivity contribution in [3.63, 3.8) is 0 Å². The fraction of sp³-hybridized carbons (Fsp3) is 0.400. The van der Waals surface area contributed by atoms with Crippen LogP contribution in [-0.4, -0.2) is 33.8 Å². The monoisotopic (exact) mass is 457 g/mol. The Bertz CT molecular complexity index is 1050. The quantitative estimate of drug-likeness (QED) is 0.692. The Morgan fingerprint density at radius 2 is 1.52 bits per heavy atom. The molecule has 1 N–H and O–H groups in total. The van der Waals surface area contributed by atoms with Crippen LogP contribution in [0.2, 0.25) is 0 Å². The number of methoxy groups -OCH3 is 1. The van der Waals surface area contributed by atoms with Crippen LogP contribution in [0.3, 0.4) is 0 Å². The number of rotatable bonds is 5. The first-order valence-corrected chi connectivity index (χ1v) is 10.9. The van der Waals surface area contributed by atoms with Gasteiger partial charge in [-0.05, 0) is 69.6 Å². The minimum Gasteiger partial charge on any atom is -0.495 e. The average Bonchev–Trinajstić information content (AvgIpc) is 2.88. The zero-order valence-electron chi connectivity index (χ0n) is 17.7. The Hall–Kier alpha value is -2.24. The molecule has 1 aliphatic rings. The summed E-state index contributed by atoms with van der Waals surface area (Å²) in [5.41, 5.74) is -1.66. The van der Waals surface area contributed by atoms with Gasteiger partial charge in [0.15, 0.2) is 0 Å². The molecule has 0 unspecified atom stereocenters. The van der Waals surface area contributed by atoms with Gasteiger partial charge < -0.3 is 14.0 Å². The summed E-state index contributed by atoms with van der Waals surface area (Å²) in [6.07, 6.45) is -4.52. The van der Waals surface area contributed by atoms with Crippen molar-refractivity contribution in [3.8, 4) is 5.75 Å². The van der Waals surface area contributed by atoms with E-state index >= 15 is 0 Å². The zero-order valence-corrected chi connectivity index (χ0v) is 18.5. The lowest BCUT2D eigenvalue weighted by Crippen LogP contribution is -2.41. The standard InChI is InChI=1S/C20H23BF3NO5S/c1-18(2)19(3,4)30-21(29-18)14-8-11-16(28-5)17(12-14)31(26,27)25-15-9-6-13(7-10-15)20(22,23)24/h6-12,25H,1-5H3. The number of benzene rings is 2. The third-order valence-corrected chi connectivity index (χ3v) is 6.87.